The number of ether oxygens (including phenoxy) is 2. The van der Waals surface area contributed by atoms with E-state index in [1.807, 2.05) is 36.4 Å². The summed E-state index contributed by atoms with van der Waals surface area (Å²) in [5, 5.41) is 0. The van der Waals surface area contributed by atoms with Gasteiger partial charge >= 0.3 is 0 Å². The maximum Gasteiger partial charge on any atom is 0.247 e. The van der Waals surface area contributed by atoms with Crippen molar-refractivity contribution in [3.05, 3.63) is 48.2 Å². The van der Waals surface area contributed by atoms with Crippen molar-refractivity contribution in [2.45, 2.75) is 25.0 Å². The molecule has 0 saturated carbocycles. The van der Waals surface area contributed by atoms with Crippen LogP contribution in [-0.4, -0.2) is 42.6 Å². The van der Waals surface area contributed by atoms with Crippen LogP contribution in [0.3, 0.4) is 0 Å². The molecule has 2 saturated heterocycles. The van der Waals surface area contributed by atoms with Gasteiger partial charge in [-0.2, -0.15) is 0 Å². The SMILES string of the molecule is COc1ccc(OC)c([C@H]2N(c3ccccn3)C(=O)[C@@H]3CCCN32)c1. The predicted octanol–water partition coefficient (Wildman–Crippen LogP) is 2.61. The normalized spacial score (nSPS) is 23.0. The minimum atomic E-state index is -0.236. The molecule has 0 spiro atoms. The second-order valence-electron chi connectivity index (χ2n) is 6.27. The number of carbonyl (C=O) groups is 1. The molecule has 4 rings (SSSR count). The maximum absolute atomic E-state index is 13.1. The monoisotopic (exact) mass is 339 g/mol. The minimum absolute atomic E-state index is 0.0945. The number of benzene rings is 1. The van der Waals surface area contributed by atoms with E-state index in [1.54, 1.807) is 25.3 Å². The van der Waals surface area contributed by atoms with Gasteiger partial charge in [0.15, 0.2) is 0 Å². The lowest BCUT2D eigenvalue weighted by atomic mass is 10.1. The minimum Gasteiger partial charge on any atom is -0.497 e. The number of carbonyl (C=O) groups excluding carboxylic acids is 1. The van der Waals surface area contributed by atoms with Gasteiger partial charge in [0.05, 0.1) is 20.3 Å². The lowest BCUT2D eigenvalue weighted by Crippen LogP contribution is -2.33. The van der Waals surface area contributed by atoms with E-state index in [1.165, 1.54) is 0 Å². The fourth-order valence-electron chi connectivity index (χ4n) is 3.87. The number of hydrogen-bond acceptors (Lipinski definition) is 5. The number of rotatable bonds is 4. The molecule has 2 aliphatic rings. The summed E-state index contributed by atoms with van der Waals surface area (Å²) >= 11 is 0. The van der Waals surface area contributed by atoms with Crippen molar-refractivity contribution < 1.29 is 14.3 Å². The van der Waals surface area contributed by atoms with Gasteiger partial charge < -0.3 is 9.47 Å². The topological polar surface area (TPSA) is 54.9 Å². The number of pyridine rings is 1. The molecule has 0 aliphatic carbocycles. The quantitative estimate of drug-likeness (QED) is 0.857. The zero-order valence-electron chi connectivity index (χ0n) is 14.4. The molecular formula is C19H21N3O3. The number of hydrogen-bond donors (Lipinski definition) is 0. The van der Waals surface area contributed by atoms with Crippen molar-refractivity contribution >= 4 is 11.7 Å². The van der Waals surface area contributed by atoms with Crippen molar-refractivity contribution in [1.82, 2.24) is 9.88 Å². The highest BCUT2D eigenvalue weighted by atomic mass is 16.5. The first-order chi connectivity index (χ1) is 12.2. The lowest BCUT2D eigenvalue weighted by molar-refractivity contribution is -0.119. The van der Waals surface area contributed by atoms with Crippen molar-refractivity contribution in [1.29, 1.82) is 0 Å². The molecule has 3 heterocycles. The summed E-state index contributed by atoms with van der Waals surface area (Å²) in [5.74, 6) is 2.25. The smallest absolute Gasteiger partial charge is 0.247 e. The molecule has 2 atom stereocenters. The summed E-state index contributed by atoms with van der Waals surface area (Å²) in [6, 6.07) is 11.2. The Labute approximate surface area is 147 Å². The Morgan fingerprint density at radius 1 is 1.16 bits per heavy atom. The Morgan fingerprint density at radius 3 is 2.76 bits per heavy atom. The highest BCUT2D eigenvalue weighted by Gasteiger charge is 2.50. The fraction of sp³-hybridized carbons (Fsp3) is 0.368. The van der Waals surface area contributed by atoms with Crippen LogP contribution in [0.5, 0.6) is 11.5 Å². The third-order valence-corrected chi connectivity index (χ3v) is 4.99. The largest absolute Gasteiger partial charge is 0.497 e. The number of anilines is 1. The summed E-state index contributed by atoms with van der Waals surface area (Å²) in [6.07, 6.45) is 3.38. The lowest BCUT2D eigenvalue weighted by Gasteiger charge is -2.30. The van der Waals surface area contributed by atoms with Gasteiger partial charge in [-0.05, 0) is 43.2 Å². The molecule has 2 aromatic rings. The van der Waals surface area contributed by atoms with E-state index in [0.29, 0.717) is 5.82 Å². The van der Waals surface area contributed by atoms with Crippen molar-refractivity contribution in [2.75, 3.05) is 25.7 Å². The number of aromatic nitrogens is 1. The first-order valence-electron chi connectivity index (χ1n) is 8.46. The molecule has 0 bridgehead atoms. The Bertz CT molecular complexity index is 781. The van der Waals surface area contributed by atoms with Gasteiger partial charge in [-0.1, -0.05) is 6.07 Å². The summed E-state index contributed by atoms with van der Waals surface area (Å²) in [4.78, 5) is 21.6. The van der Waals surface area contributed by atoms with Gasteiger partial charge in [0, 0.05) is 18.3 Å². The molecule has 0 N–H and O–H groups in total. The molecule has 1 amide bonds. The van der Waals surface area contributed by atoms with E-state index in [2.05, 4.69) is 9.88 Å². The summed E-state index contributed by atoms with van der Waals surface area (Å²) in [7, 11) is 3.29. The van der Waals surface area contributed by atoms with Crippen LogP contribution in [0.25, 0.3) is 0 Å². The van der Waals surface area contributed by atoms with E-state index in [4.69, 9.17) is 9.47 Å². The second-order valence-corrected chi connectivity index (χ2v) is 6.27. The molecule has 2 aliphatic heterocycles. The molecule has 2 fully saturated rings. The summed E-state index contributed by atoms with van der Waals surface area (Å²) in [5.41, 5.74) is 0.922. The molecule has 6 heteroatoms. The van der Waals surface area contributed by atoms with Crippen LogP contribution < -0.4 is 14.4 Å². The van der Waals surface area contributed by atoms with Crippen molar-refractivity contribution in [3.63, 3.8) is 0 Å². The van der Waals surface area contributed by atoms with E-state index in [0.717, 1.165) is 36.4 Å². The zero-order valence-corrected chi connectivity index (χ0v) is 14.4. The van der Waals surface area contributed by atoms with Crippen LogP contribution in [0.1, 0.15) is 24.6 Å². The third kappa shape index (κ3) is 2.53. The number of amides is 1. The van der Waals surface area contributed by atoms with Crippen LogP contribution in [-0.2, 0) is 4.79 Å². The van der Waals surface area contributed by atoms with E-state index in [-0.39, 0.29) is 18.1 Å². The van der Waals surface area contributed by atoms with Crippen molar-refractivity contribution in [3.8, 4) is 11.5 Å². The average molecular weight is 339 g/mol. The van der Waals surface area contributed by atoms with Crippen molar-refractivity contribution in [2.24, 2.45) is 0 Å². The number of methoxy groups -OCH3 is 2. The molecule has 25 heavy (non-hydrogen) atoms. The highest BCUT2D eigenvalue weighted by molar-refractivity contribution is 5.99. The first kappa shape index (κ1) is 15.9. The molecular weight excluding hydrogens is 318 g/mol. The van der Waals surface area contributed by atoms with Crippen LogP contribution in [0.4, 0.5) is 5.82 Å². The Kier molecular flexibility index (Phi) is 4.05. The fourth-order valence-corrected chi connectivity index (χ4v) is 3.87. The van der Waals surface area contributed by atoms with Gasteiger partial charge in [-0.25, -0.2) is 4.98 Å². The number of nitrogens with zero attached hydrogens (tertiary/aromatic N) is 3. The molecule has 0 unspecified atom stereocenters. The summed E-state index contributed by atoms with van der Waals surface area (Å²) in [6.45, 7) is 0.880. The van der Waals surface area contributed by atoms with Gasteiger partial charge in [0.25, 0.3) is 0 Å². The Balaban J connectivity index is 1.86. The second kappa shape index (κ2) is 6.37. The van der Waals surface area contributed by atoms with Gasteiger partial charge in [-0.15, -0.1) is 0 Å². The Morgan fingerprint density at radius 2 is 2.04 bits per heavy atom. The standard InChI is InChI=1S/C19H21N3O3/c1-24-13-8-9-16(25-2)14(12-13)18-21-11-5-6-15(21)19(23)22(18)17-7-3-4-10-20-17/h3-4,7-10,12,15,18H,5-6,11H2,1-2H3/t15-,18+/m0/s1. The average Bonchev–Trinajstić information content (AvgIpc) is 3.24. The molecule has 1 aromatic carbocycles. The zero-order chi connectivity index (χ0) is 17.4. The van der Waals surface area contributed by atoms with Crippen LogP contribution >= 0.6 is 0 Å². The number of fused-ring (bicyclic) bond motifs is 1. The summed E-state index contributed by atoms with van der Waals surface area (Å²) < 4.78 is 11.0. The third-order valence-electron chi connectivity index (χ3n) is 4.99. The van der Waals surface area contributed by atoms with Gasteiger partial charge in [0.1, 0.15) is 23.5 Å². The highest BCUT2D eigenvalue weighted by Crippen LogP contribution is 2.45. The van der Waals surface area contributed by atoms with Crippen LogP contribution in [0, 0.1) is 0 Å². The molecule has 130 valence electrons. The van der Waals surface area contributed by atoms with E-state index in [9.17, 15) is 4.79 Å². The van der Waals surface area contributed by atoms with Gasteiger partial charge in [-0.3, -0.25) is 14.6 Å². The first-order valence-corrected chi connectivity index (χ1v) is 8.46. The Hall–Kier alpha value is -2.60. The van der Waals surface area contributed by atoms with E-state index >= 15 is 0 Å². The molecule has 1 aromatic heterocycles. The van der Waals surface area contributed by atoms with Crippen LogP contribution in [0.15, 0.2) is 42.6 Å². The molecule has 0 radical (unpaired) electrons. The van der Waals surface area contributed by atoms with E-state index < -0.39 is 0 Å². The maximum atomic E-state index is 13.1. The predicted molar refractivity (Wildman–Crippen MR) is 93.7 cm³/mol. The molecule has 6 nitrogen and oxygen atoms in total. The van der Waals surface area contributed by atoms with Gasteiger partial charge in [0.2, 0.25) is 5.91 Å². The van der Waals surface area contributed by atoms with Crippen LogP contribution in [0.2, 0.25) is 0 Å².